The van der Waals surface area contributed by atoms with E-state index >= 15 is 0 Å². The Morgan fingerprint density at radius 2 is 2.36 bits per heavy atom. The van der Waals surface area contributed by atoms with Crippen LogP contribution >= 0.6 is 0 Å². The number of aliphatic hydroxyl groups is 1. The van der Waals surface area contributed by atoms with Gasteiger partial charge in [-0.1, -0.05) is 0 Å². The minimum Gasteiger partial charge on any atom is -0.481 e. The van der Waals surface area contributed by atoms with Gasteiger partial charge in [0.2, 0.25) is 0 Å². The summed E-state index contributed by atoms with van der Waals surface area (Å²) in [4.78, 5) is 10.7. The van der Waals surface area contributed by atoms with Crippen molar-refractivity contribution in [2.24, 2.45) is 11.7 Å². The molecule has 0 aromatic rings. The Balaban J connectivity index is 2.52. The Morgan fingerprint density at radius 3 is 2.79 bits per heavy atom. The first-order chi connectivity index (χ1) is 6.63. The van der Waals surface area contributed by atoms with Crippen LogP contribution in [0.4, 0.5) is 0 Å². The zero-order valence-corrected chi connectivity index (χ0v) is 8.11. The highest BCUT2D eigenvalue weighted by Crippen LogP contribution is 2.36. The van der Waals surface area contributed by atoms with Gasteiger partial charge in [0.05, 0.1) is 24.7 Å². The van der Waals surface area contributed by atoms with E-state index in [9.17, 15) is 4.79 Å². The van der Waals surface area contributed by atoms with Gasteiger partial charge in [0, 0.05) is 6.54 Å². The van der Waals surface area contributed by atoms with Crippen molar-refractivity contribution in [1.29, 1.82) is 0 Å². The van der Waals surface area contributed by atoms with Gasteiger partial charge in [-0.25, -0.2) is 0 Å². The number of carbonyl (C=O) groups is 1. The number of carboxylic acids is 1. The SMILES string of the molecule is NCC1(OCCO)CCC(C(=O)O)C1. The van der Waals surface area contributed by atoms with E-state index < -0.39 is 11.6 Å². The first kappa shape index (κ1) is 11.4. The summed E-state index contributed by atoms with van der Waals surface area (Å²) in [5, 5.41) is 17.5. The number of aliphatic carboxylic acids is 1. The minimum atomic E-state index is -0.784. The quantitative estimate of drug-likeness (QED) is 0.564. The molecule has 0 bridgehead atoms. The molecule has 82 valence electrons. The molecule has 0 saturated heterocycles. The van der Waals surface area contributed by atoms with Crippen molar-refractivity contribution >= 4 is 5.97 Å². The van der Waals surface area contributed by atoms with E-state index in [-0.39, 0.29) is 19.1 Å². The number of hydrogen-bond donors (Lipinski definition) is 3. The molecule has 0 spiro atoms. The monoisotopic (exact) mass is 203 g/mol. The number of nitrogens with two attached hydrogens (primary N) is 1. The van der Waals surface area contributed by atoms with E-state index in [0.29, 0.717) is 25.8 Å². The molecule has 0 radical (unpaired) electrons. The fraction of sp³-hybridized carbons (Fsp3) is 0.889. The molecule has 2 unspecified atom stereocenters. The molecule has 5 nitrogen and oxygen atoms in total. The maximum atomic E-state index is 10.7. The normalized spacial score (nSPS) is 32.0. The van der Waals surface area contributed by atoms with Crippen molar-refractivity contribution in [3.05, 3.63) is 0 Å². The van der Waals surface area contributed by atoms with E-state index in [2.05, 4.69) is 0 Å². The summed E-state index contributed by atoms with van der Waals surface area (Å²) >= 11 is 0. The molecule has 1 saturated carbocycles. The standard InChI is InChI=1S/C9H17NO4/c10-6-9(14-4-3-11)2-1-7(5-9)8(12)13/h7,11H,1-6,10H2,(H,12,13). The van der Waals surface area contributed by atoms with Crippen LogP contribution < -0.4 is 5.73 Å². The van der Waals surface area contributed by atoms with E-state index in [0.717, 1.165) is 0 Å². The lowest BCUT2D eigenvalue weighted by Gasteiger charge is -2.27. The van der Waals surface area contributed by atoms with Gasteiger partial charge in [-0.2, -0.15) is 0 Å². The molecule has 1 aliphatic carbocycles. The van der Waals surface area contributed by atoms with Crippen molar-refractivity contribution in [1.82, 2.24) is 0 Å². The van der Waals surface area contributed by atoms with Crippen molar-refractivity contribution in [2.75, 3.05) is 19.8 Å². The molecule has 14 heavy (non-hydrogen) atoms. The van der Waals surface area contributed by atoms with Crippen LogP contribution in [0.5, 0.6) is 0 Å². The molecule has 4 N–H and O–H groups in total. The third-order valence-corrected chi connectivity index (χ3v) is 2.79. The van der Waals surface area contributed by atoms with Gasteiger partial charge < -0.3 is 20.7 Å². The van der Waals surface area contributed by atoms with Crippen LogP contribution in [0, 0.1) is 5.92 Å². The predicted octanol–water partition coefficient (Wildman–Crippen LogP) is -0.423. The van der Waals surface area contributed by atoms with Crippen LogP contribution in [-0.2, 0) is 9.53 Å². The highest BCUT2D eigenvalue weighted by molar-refractivity contribution is 5.70. The summed E-state index contributed by atoms with van der Waals surface area (Å²) in [6.07, 6.45) is 1.73. The lowest BCUT2D eigenvalue weighted by molar-refractivity contribution is -0.142. The van der Waals surface area contributed by atoms with E-state index in [1.54, 1.807) is 0 Å². The molecule has 0 amide bonds. The lowest BCUT2D eigenvalue weighted by Crippen LogP contribution is -2.39. The molecule has 0 aromatic heterocycles. The maximum Gasteiger partial charge on any atom is 0.306 e. The first-order valence-electron chi connectivity index (χ1n) is 4.81. The van der Waals surface area contributed by atoms with Gasteiger partial charge >= 0.3 is 5.97 Å². The van der Waals surface area contributed by atoms with E-state index in [1.165, 1.54) is 0 Å². The molecule has 0 heterocycles. The first-order valence-corrected chi connectivity index (χ1v) is 4.81. The molecule has 2 atom stereocenters. The van der Waals surface area contributed by atoms with Crippen LogP contribution in [0.15, 0.2) is 0 Å². The summed E-state index contributed by atoms with van der Waals surface area (Å²) in [5.41, 5.74) is 5.05. The van der Waals surface area contributed by atoms with Crippen molar-refractivity contribution in [3.63, 3.8) is 0 Å². The second kappa shape index (κ2) is 4.72. The lowest BCUT2D eigenvalue weighted by atomic mass is 10.0. The van der Waals surface area contributed by atoms with E-state index in [1.807, 2.05) is 0 Å². The van der Waals surface area contributed by atoms with Gasteiger partial charge in [-0.15, -0.1) is 0 Å². The topological polar surface area (TPSA) is 92.8 Å². The Morgan fingerprint density at radius 1 is 1.64 bits per heavy atom. The number of aliphatic hydroxyl groups excluding tert-OH is 1. The fourth-order valence-corrected chi connectivity index (χ4v) is 1.94. The van der Waals surface area contributed by atoms with Crippen molar-refractivity contribution < 1.29 is 19.7 Å². The molecular weight excluding hydrogens is 186 g/mol. The fourth-order valence-electron chi connectivity index (χ4n) is 1.94. The molecular formula is C9H17NO4. The number of carboxylic acid groups (broad SMARTS) is 1. The Labute approximate surface area is 82.9 Å². The number of rotatable bonds is 5. The van der Waals surface area contributed by atoms with Crippen LogP contribution in [-0.4, -0.2) is 41.5 Å². The summed E-state index contributed by atoms with van der Waals surface area (Å²) in [5.74, 6) is -1.13. The molecule has 5 heteroatoms. The Hall–Kier alpha value is -0.650. The van der Waals surface area contributed by atoms with Crippen molar-refractivity contribution in [2.45, 2.75) is 24.9 Å². The minimum absolute atomic E-state index is 0.0561. The zero-order valence-electron chi connectivity index (χ0n) is 8.11. The number of hydrogen-bond acceptors (Lipinski definition) is 4. The third-order valence-electron chi connectivity index (χ3n) is 2.79. The van der Waals surface area contributed by atoms with Crippen LogP contribution in [0.3, 0.4) is 0 Å². The van der Waals surface area contributed by atoms with Gasteiger partial charge in [0.1, 0.15) is 0 Å². The smallest absolute Gasteiger partial charge is 0.306 e. The summed E-state index contributed by atoms with van der Waals surface area (Å²) in [6.45, 7) is 0.486. The molecule has 1 rings (SSSR count). The third kappa shape index (κ3) is 2.43. The van der Waals surface area contributed by atoms with E-state index in [4.69, 9.17) is 20.7 Å². The molecule has 1 fully saturated rings. The van der Waals surface area contributed by atoms with Gasteiger partial charge in [-0.05, 0) is 19.3 Å². The number of ether oxygens (including phenoxy) is 1. The van der Waals surface area contributed by atoms with Crippen LogP contribution in [0.2, 0.25) is 0 Å². The average Bonchev–Trinajstić information content (AvgIpc) is 2.60. The summed E-state index contributed by atoms with van der Waals surface area (Å²) < 4.78 is 5.43. The predicted molar refractivity (Wildman–Crippen MR) is 49.8 cm³/mol. The van der Waals surface area contributed by atoms with Crippen molar-refractivity contribution in [3.8, 4) is 0 Å². The van der Waals surface area contributed by atoms with Gasteiger partial charge in [-0.3, -0.25) is 4.79 Å². The van der Waals surface area contributed by atoms with Gasteiger partial charge in [0.15, 0.2) is 0 Å². The largest absolute Gasteiger partial charge is 0.481 e. The molecule has 0 aliphatic heterocycles. The molecule has 0 aromatic carbocycles. The Bertz CT molecular complexity index is 209. The Kier molecular flexibility index (Phi) is 3.86. The average molecular weight is 203 g/mol. The second-order valence-electron chi connectivity index (χ2n) is 3.74. The molecule has 1 aliphatic rings. The highest BCUT2D eigenvalue weighted by Gasteiger charge is 2.41. The van der Waals surface area contributed by atoms with Crippen LogP contribution in [0.1, 0.15) is 19.3 Å². The van der Waals surface area contributed by atoms with Crippen LogP contribution in [0.25, 0.3) is 0 Å². The summed E-state index contributed by atoms with van der Waals surface area (Å²) in [7, 11) is 0. The maximum absolute atomic E-state index is 10.7. The zero-order chi connectivity index (χ0) is 10.6. The second-order valence-corrected chi connectivity index (χ2v) is 3.74. The van der Waals surface area contributed by atoms with Gasteiger partial charge in [0.25, 0.3) is 0 Å². The highest BCUT2D eigenvalue weighted by atomic mass is 16.5. The summed E-state index contributed by atoms with van der Waals surface area (Å²) in [6, 6.07) is 0.